The molecule has 0 radical (unpaired) electrons. The third-order valence-electron chi connectivity index (χ3n) is 3.01. The molecule has 1 aliphatic rings. The van der Waals surface area contributed by atoms with Gasteiger partial charge < -0.3 is 11.1 Å². The minimum Gasteiger partial charge on any atom is -0.321 e. The van der Waals surface area contributed by atoms with Crippen LogP contribution >= 0.6 is 0 Å². The summed E-state index contributed by atoms with van der Waals surface area (Å²) >= 11 is 0. The van der Waals surface area contributed by atoms with E-state index < -0.39 is 29.8 Å². The highest BCUT2D eigenvalue weighted by molar-refractivity contribution is 6.17. The van der Waals surface area contributed by atoms with Gasteiger partial charge >= 0.3 is 6.03 Å². The minimum absolute atomic E-state index is 0.433. The maximum atomic E-state index is 11.9. The van der Waals surface area contributed by atoms with Gasteiger partial charge in [0, 0.05) is 0 Å². The molecule has 6 nitrogen and oxygen atoms in total. The molecule has 2 rings (SSSR count). The Bertz CT molecular complexity index is 501. The van der Waals surface area contributed by atoms with Gasteiger partial charge in [-0.1, -0.05) is 30.3 Å². The van der Waals surface area contributed by atoms with Crippen molar-refractivity contribution in [2.24, 2.45) is 5.73 Å². The van der Waals surface area contributed by atoms with Crippen molar-refractivity contribution in [1.82, 2.24) is 10.6 Å². The van der Waals surface area contributed by atoms with Gasteiger partial charge in [0.05, 0.1) is 6.04 Å². The van der Waals surface area contributed by atoms with Gasteiger partial charge in [-0.05, 0) is 18.4 Å². The maximum Gasteiger partial charge on any atom is 0.322 e. The van der Waals surface area contributed by atoms with Crippen molar-refractivity contribution < 1.29 is 14.4 Å². The molecule has 1 aromatic rings. The van der Waals surface area contributed by atoms with Crippen LogP contribution < -0.4 is 16.4 Å². The second-order valence-electron chi connectivity index (χ2n) is 4.43. The molecule has 1 saturated heterocycles. The molecule has 3 amide bonds. The summed E-state index contributed by atoms with van der Waals surface area (Å²) in [4.78, 5) is 34.2. The lowest BCUT2D eigenvalue weighted by Gasteiger charge is -2.13. The van der Waals surface area contributed by atoms with E-state index in [4.69, 9.17) is 5.73 Å². The minimum atomic E-state index is -1.15. The summed E-state index contributed by atoms with van der Waals surface area (Å²) in [5.74, 6) is -1.09. The molecule has 1 unspecified atom stereocenters. The molecule has 1 aliphatic heterocycles. The Labute approximate surface area is 110 Å². The van der Waals surface area contributed by atoms with E-state index in [1.54, 1.807) is 0 Å². The number of hydrogen-bond acceptors (Lipinski definition) is 4. The highest BCUT2D eigenvalue weighted by atomic mass is 16.2. The number of benzene rings is 1. The van der Waals surface area contributed by atoms with Crippen LogP contribution in [0.1, 0.15) is 12.0 Å². The average Bonchev–Trinajstić information content (AvgIpc) is 2.75. The fourth-order valence-electron chi connectivity index (χ4n) is 1.94. The molecule has 0 aliphatic carbocycles. The van der Waals surface area contributed by atoms with Crippen molar-refractivity contribution in [3.63, 3.8) is 0 Å². The van der Waals surface area contributed by atoms with E-state index in [1.165, 1.54) is 0 Å². The average molecular weight is 261 g/mol. The van der Waals surface area contributed by atoms with Crippen LogP contribution in [0.15, 0.2) is 30.3 Å². The van der Waals surface area contributed by atoms with Gasteiger partial charge in [-0.3, -0.25) is 14.9 Å². The lowest BCUT2D eigenvalue weighted by atomic mass is 9.99. The Balaban J connectivity index is 1.89. The molecule has 1 aromatic carbocycles. The Morgan fingerprint density at radius 2 is 1.95 bits per heavy atom. The summed E-state index contributed by atoms with van der Waals surface area (Å²) in [5, 5.41) is 4.26. The van der Waals surface area contributed by atoms with Crippen molar-refractivity contribution in [1.29, 1.82) is 0 Å². The molecule has 6 heteroatoms. The first-order valence-corrected chi connectivity index (χ1v) is 6.02. The number of ketones is 1. The van der Waals surface area contributed by atoms with Crippen molar-refractivity contribution in [3.8, 4) is 0 Å². The SMILES string of the molecule is N[C@H](CCc1ccccc1)C(=O)C1NC(=O)NC1=O. The number of nitrogens with one attached hydrogen (secondary N) is 2. The molecule has 1 heterocycles. The molecule has 1 fully saturated rings. The number of carbonyl (C=O) groups excluding carboxylic acids is 3. The number of hydrogen-bond donors (Lipinski definition) is 3. The van der Waals surface area contributed by atoms with Crippen molar-refractivity contribution in [2.45, 2.75) is 24.9 Å². The van der Waals surface area contributed by atoms with Gasteiger partial charge in [-0.2, -0.15) is 0 Å². The standard InChI is InChI=1S/C13H15N3O3/c14-9(7-6-8-4-2-1-3-5-8)11(17)10-12(18)16-13(19)15-10/h1-5,9-10H,6-7,14H2,(H2,15,16,18,19)/t9-,10?/m1/s1. The molecule has 2 atom stereocenters. The summed E-state index contributed by atoms with van der Waals surface area (Å²) in [6.45, 7) is 0. The van der Waals surface area contributed by atoms with Gasteiger partial charge in [-0.25, -0.2) is 4.79 Å². The number of urea groups is 1. The smallest absolute Gasteiger partial charge is 0.321 e. The molecular weight excluding hydrogens is 246 g/mol. The summed E-state index contributed by atoms with van der Waals surface area (Å²) in [6.07, 6.45) is 1.08. The molecule has 19 heavy (non-hydrogen) atoms. The number of amides is 3. The summed E-state index contributed by atoms with van der Waals surface area (Å²) in [6, 6.07) is 7.04. The van der Waals surface area contributed by atoms with E-state index in [-0.39, 0.29) is 0 Å². The molecule has 100 valence electrons. The lowest BCUT2D eigenvalue weighted by Crippen LogP contribution is -2.47. The van der Waals surface area contributed by atoms with E-state index in [9.17, 15) is 14.4 Å². The zero-order valence-corrected chi connectivity index (χ0v) is 10.3. The normalized spacial score (nSPS) is 19.7. The summed E-state index contributed by atoms with van der Waals surface area (Å²) in [5.41, 5.74) is 6.85. The number of aryl methyl sites for hydroxylation is 1. The van der Waals surface area contributed by atoms with Crippen LogP contribution in [0.2, 0.25) is 0 Å². The van der Waals surface area contributed by atoms with Gasteiger partial charge in [0.25, 0.3) is 5.91 Å². The number of carbonyl (C=O) groups is 3. The van der Waals surface area contributed by atoms with Crippen LogP contribution in [0.25, 0.3) is 0 Å². The third kappa shape index (κ3) is 3.17. The first-order valence-electron chi connectivity index (χ1n) is 6.02. The van der Waals surface area contributed by atoms with Crippen molar-refractivity contribution >= 4 is 17.7 Å². The quantitative estimate of drug-likeness (QED) is 0.501. The van der Waals surface area contributed by atoms with Crippen LogP contribution in [0, 0.1) is 0 Å². The van der Waals surface area contributed by atoms with Gasteiger partial charge in [-0.15, -0.1) is 0 Å². The van der Waals surface area contributed by atoms with Crippen LogP contribution in [0.3, 0.4) is 0 Å². The highest BCUT2D eigenvalue weighted by Gasteiger charge is 2.37. The van der Waals surface area contributed by atoms with E-state index in [0.717, 1.165) is 5.56 Å². The van der Waals surface area contributed by atoms with Gasteiger partial charge in [0.15, 0.2) is 11.8 Å². The fraction of sp³-hybridized carbons (Fsp3) is 0.308. The lowest BCUT2D eigenvalue weighted by molar-refractivity contribution is -0.129. The zero-order chi connectivity index (χ0) is 13.8. The Morgan fingerprint density at radius 3 is 2.53 bits per heavy atom. The van der Waals surface area contributed by atoms with E-state index in [1.807, 2.05) is 35.6 Å². The Morgan fingerprint density at radius 1 is 1.26 bits per heavy atom. The molecule has 0 spiro atoms. The van der Waals surface area contributed by atoms with Crippen LogP contribution in [0.5, 0.6) is 0 Å². The first-order chi connectivity index (χ1) is 9.08. The van der Waals surface area contributed by atoms with Crippen LogP contribution in [-0.2, 0) is 16.0 Å². The molecular formula is C13H15N3O3. The zero-order valence-electron chi connectivity index (χ0n) is 10.3. The van der Waals surface area contributed by atoms with Crippen molar-refractivity contribution in [2.75, 3.05) is 0 Å². The predicted octanol–water partition coefficient (Wildman–Crippen LogP) is -0.276. The van der Waals surface area contributed by atoms with E-state index in [0.29, 0.717) is 12.8 Å². The molecule has 0 aromatic heterocycles. The number of imide groups is 1. The first kappa shape index (κ1) is 13.2. The van der Waals surface area contributed by atoms with E-state index in [2.05, 4.69) is 5.32 Å². The molecule has 4 N–H and O–H groups in total. The third-order valence-corrected chi connectivity index (χ3v) is 3.01. The largest absolute Gasteiger partial charge is 0.322 e. The van der Waals surface area contributed by atoms with E-state index >= 15 is 0 Å². The van der Waals surface area contributed by atoms with Crippen LogP contribution in [0.4, 0.5) is 4.79 Å². The summed E-state index contributed by atoms with van der Waals surface area (Å²) in [7, 11) is 0. The van der Waals surface area contributed by atoms with Crippen LogP contribution in [-0.4, -0.2) is 29.8 Å². The topological polar surface area (TPSA) is 101 Å². The van der Waals surface area contributed by atoms with Gasteiger partial charge in [0.1, 0.15) is 0 Å². The monoisotopic (exact) mass is 261 g/mol. The predicted molar refractivity (Wildman–Crippen MR) is 68.2 cm³/mol. The summed E-state index contributed by atoms with van der Waals surface area (Å²) < 4.78 is 0. The van der Waals surface area contributed by atoms with Crippen molar-refractivity contribution in [3.05, 3.63) is 35.9 Å². The highest BCUT2D eigenvalue weighted by Crippen LogP contribution is 2.07. The Hall–Kier alpha value is -2.21. The second kappa shape index (κ2) is 5.62. The molecule has 0 saturated carbocycles. The number of nitrogens with two attached hydrogens (primary N) is 1. The maximum absolute atomic E-state index is 11.9. The van der Waals surface area contributed by atoms with Gasteiger partial charge in [0.2, 0.25) is 0 Å². The number of rotatable bonds is 5. The second-order valence-corrected chi connectivity index (χ2v) is 4.43. The molecule has 0 bridgehead atoms. The Kier molecular flexibility index (Phi) is 3.91. The fourth-order valence-corrected chi connectivity index (χ4v) is 1.94. The number of Topliss-reactive ketones (excluding diaryl/α,β-unsaturated/α-hetero) is 1.